The van der Waals surface area contributed by atoms with E-state index in [2.05, 4.69) is 41.4 Å². The predicted octanol–water partition coefficient (Wildman–Crippen LogP) is 3.62. The molecule has 2 rings (SSSR count). The third-order valence-corrected chi connectivity index (χ3v) is 3.91. The molecule has 2 aromatic rings. The molecule has 2 aromatic carbocycles. The van der Waals surface area contributed by atoms with Gasteiger partial charge in [-0.05, 0) is 43.5 Å². The third-order valence-electron chi connectivity index (χ3n) is 3.91. The van der Waals surface area contributed by atoms with E-state index < -0.39 is 0 Å². The van der Waals surface area contributed by atoms with Gasteiger partial charge in [0.1, 0.15) is 0 Å². The van der Waals surface area contributed by atoms with Crippen LogP contribution in [0.15, 0.2) is 59.7 Å². The molecule has 0 aliphatic rings. The molecule has 0 aromatic heterocycles. The molecule has 0 saturated heterocycles. The summed E-state index contributed by atoms with van der Waals surface area (Å²) in [7, 11) is 0. The van der Waals surface area contributed by atoms with E-state index in [1.54, 1.807) is 6.21 Å². The number of aryl methyl sites for hydroxylation is 1. The van der Waals surface area contributed by atoms with E-state index in [1.165, 1.54) is 5.69 Å². The summed E-state index contributed by atoms with van der Waals surface area (Å²) in [4.78, 5) is 14.1. The molecule has 0 unspecified atom stereocenters. The highest BCUT2D eigenvalue weighted by Gasteiger charge is 2.02. The third kappa shape index (κ3) is 5.54. The molecule has 0 aliphatic heterocycles. The Hall–Kier alpha value is -2.62. The Bertz CT molecular complexity index is 646. The Labute approximate surface area is 144 Å². The number of rotatable bonds is 8. The van der Waals surface area contributed by atoms with Gasteiger partial charge in [-0.1, -0.05) is 42.5 Å². The Kier molecular flexibility index (Phi) is 7.02. The highest BCUT2D eigenvalue weighted by molar-refractivity contribution is 5.83. The minimum absolute atomic E-state index is 0.0742. The maximum Gasteiger partial charge on any atom is 0.240 e. The van der Waals surface area contributed by atoms with Gasteiger partial charge < -0.3 is 4.90 Å². The summed E-state index contributed by atoms with van der Waals surface area (Å²) in [5.74, 6) is -0.0742. The van der Waals surface area contributed by atoms with Crippen molar-refractivity contribution in [3.05, 3.63) is 65.7 Å². The smallest absolute Gasteiger partial charge is 0.240 e. The van der Waals surface area contributed by atoms with Crippen LogP contribution in [-0.4, -0.2) is 25.2 Å². The maximum atomic E-state index is 11.8. The van der Waals surface area contributed by atoms with Crippen LogP contribution in [0, 0.1) is 0 Å². The van der Waals surface area contributed by atoms with Crippen LogP contribution < -0.4 is 10.3 Å². The number of carbonyl (C=O) groups is 1. The Morgan fingerprint density at radius 1 is 1.04 bits per heavy atom. The maximum absolute atomic E-state index is 11.8. The molecule has 0 radical (unpaired) electrons. The first-order chi connectivity index (χ1) is 11.7. The monoisotopic (exact) mass is 323 g/mol. The number of hydrogen-bond acceptors (Lipinski definition) is 3. The van der Waals surface area contributed by atoms with E-state index in [4.69, 9.17) is 0 Å². The standard InChI is InChI=1S/C20H25N3O/c1-3-23(4-2)19-13-10-18(11-14-19)16-21-22-20(24)15-12-17-8-6-5-7-9-17/h5-11,13-14,16H,3-4,12,15H2,1-2H3,(H,22,24)/b21-16-. The van der Waals surface area contributed by atoms with Crippen LogP contribution in [0.25, 0.3) is 0 Å². The van der Waals surface area contributed by atoms with Crippen molar-refractivity contribution in [1.29, 1.82) is 0 Å². The molecule has 126 valence electrons. The number of nitrogens with zero attached hydrogens (tertiary/aromatic N) is 2. The molecule has 0 aliphatic carbocycles. The van der Waals surface area contributed by atoms with Crippen LogP contribution in [0.3, 0.4) is 0 Å². The van der Waals surface area contributed by atoms with E-state index in [-0.39, 0.29) is 5.91 Å². The summed E-state index contributed by atoms with van der Waals surface area (Å²) in [6.45, 7) is 6.26. The van der Waals surface area contributed by atoms with E-state index in [0.29, 0.717) is 6.42 Å². The lowest BCUT2D eigenvalue weighted by molar-refractivity contribution is -0.121. The lowest BCUT2D eigenvalue weighted by Crippen LogP contribution is -2.21. The minimum atomic E-state index is -0.0742. The van der Waals surface area contributed by atoms with Crippen LogP contribution in [0.4, 0.5) is 5.69 Å². The normalized spacial score (nSPS) is 10.8. The lowest BCUT2D eigenvalue weighted by atomic mass is 10.1. The van der Waals surface area contributed by atoms with Gasteiger partial charge in [-0.2, -0.15) is 5.10 Å². The van der Waals surface area contributed by atoms with Gasteiger partial charge in [0, 0.05) is 25.2 Å². The number of nitrogens with one attached hydrogen (secondary N) is 1. The van der Waals surface area contributed by atoms with E-state index in [1.807, 2.05) is 42.5 Å². The van der Waals surface area contributed by atoms with Crippen molar-refractivity contribution in [3.63, 3.8) is 0 Å². The van der Waals surface area contributed by atoms with Crippen LogP contribution in [0.2, 0.25) is 0 Å². The van der Waals surface area contributed by atoms with Gasteiger partial charge in [-0.15, -0.1) is 0 Å². The van der Waals surface area contributed by atoms with Gasteiger partial charge in [0.05, 0.1) is 6.21 Å². The number of carbonyl (C=O) groups excluding carboxylic acids is 1. The number of anilines is 1. The van der Waals surface area contributed by atoms with E-state index in [9.17, 15) is 4.79 Å². The molecule has 1 amide bonds. The molecule has 24 heavy (non-hydrogen) atoms. The highest BCUT2D eigenvalue weighted by Crippen LogP contribution is 2.13. The average molecular weight is 323 g/mol. The summed E-state index contributed by atoms with van der Waals surface area (Å²) >= 11 is 0. The zero-order valence-corrected chi connectivity index (χ0v) is 14.4. The Morgan fingerprint density at radius 3 is 2.33 bits per heavy atom. The lowest BCUT2D eigenvalue weighted by Gasteiger charge is -2.20. The van der Waals surface area contributed by atoms with Gasteiger partial charge >= 0.3 is 0 Å². The molecule has 0 heterocycles. The summed E-state index contributed by atoms with van der Waals surface area (Å²) in [6, 6.07) is 18.1. The minimum Gasteiger partial charge on any atom is -0.372 e. The van der Waals surface area contributed by atoms with Crippen molar-refractivity contribution in [1.82, 2.24) is 5.43 Å². The van der Waals surface area contributed by atoms with Crippen LogP contribution in [0.5, 0.6) is 0 Å². The van der Waals surface area contributed by atoms with Crippen molar-refractivity contribution in [2.75, 3.05) is 18.0 Å². The first-order valence-electron chi connectivity index (χ1n) is 8.43. The highest BCUT2D eigenvalue weighted by atomic mass is 16.2. The van der Waals surface area contributed by atoms with Crippen LogP contribution in [-0.2, 0) is 11.2 Å². The largest absolute Gasteiger partial charge is 0.372 e. The second-order valence-corrected chi connectivity index (χ2v) is 5.54. The first kappa shape index (κ1) is 17.7. The summed E-state index contributed by atoms with van der Waals surface area (Å²) in [6.07, 6.45) is 2.83. The number of amides is 1. The fourth-order valence-corrected chi connectivity index (χ4v) is 2.50. The van der Waals surface area contributed by atoms with Crippen LogP contribution in [0.1, 0.15) is 31.4 Å². The summed E-state index contributed by atoms with van der Waals surface area (Å²) in [5, 5.41) is 4.03. The summed E-state index contributed by atoms with van der Waals surface area (Å²) in [5.41, 5.74) is 5.90. The van der Waals surface area contributed by atoms with Crippen molar-refractivity contribution >= 4 is 17.8 Å². The molecule has 0 bridgehead atoms. The fraction of sp³-hybridized carbons (Fsp3) is 0.300. The zero-order chi connectivity index (χ0) is 17.2. The van der Waals surface area contributed by atoms with Gasteiger partial charge in [0.2, 0.25) is 5.91 Å². The first-order valence-corrected chi connectivity index (χ1v) is 8.43. The zero-order valence-electron chi connectivity index (χ0n) is 14.4. The van der Waals surface area contributed by atoms with Crippen molar-refractivity contribution in [2.24, 2.45) is 5.10 Å². The van der Waals surface area contributed by atoms with E-state index >= 15 is 0 Å². The molecule has 0 fully saturated rings. The molecular weight excluding hydrogens is 298 g/mol. The van der Waals surface area contributed by atoms with Crippen molar-refractivity contribution in [2.45, 2.75) is 26.7 Å². The molecule has 0 saturated carbocycles. The van der Waals surface area contributed by atoms with Crippen molar-refractivity contribution in [3.8, 4) is 0 Å². The second kappa shape index (κ2) is 9.50. The molecule has 0 atom stereocenters. The molecular formula is C20H25N3O. The molecule has 0 spiro atoms. The van der Waals surface area contributed by atoms with E-state index in [0.717, 1.165) is 30.6 Å². The fourth-order valence-electron chi connectivity index (χ4n) is 2.50. The van der Waals surface area contributed by atoms with Crippen molar-refractivity contribution < 1.29 is 4.79 Å². The molecule has 4 nitrogen and oxygen atoms in total. The van der Waals surface area contributed by atoms with Gasteiger partial charge in [0.15, 0.2) is 0 Å². The summed E-state index contributed by atoms with van der Waals surface area (Å²) < 4.78 is 0. The average Bonchev–Trinajstić information content (AvgIpc) is 2.63. The Morgan fingerprint density at radius 2 is 1.71 bits per heavy atom. The number of benzene rings is 2. The van der Waals surface area contributed by atoms with Gasteiger partial charge in [-0.25, -0.2) is 5.43 Å². The van der Waals surface area contributed by atoms with Crippen LogP contribution >= 0.6 is 0 Å². The number of hydrogen-bond donors (Lipinski definition) is 1. The number of hydrazone groups is 1. The predicted molar refractivity (Wildman–Crippen MR) is 101 cm³/mol. The molecule has 4 heteroatoms. The van der Waals surface area contributed by atoms with Gasteiger partial charge in [-0.3, -0.25) is 4.79 Å². The Balaban J connectivity index is 1.79. The quantitative estimate of drug-likeness (QED) is 0.596. The van der Waals surface area contributed by atoms with Gasteiger partial charge in [0.25, 0.3) is 0 Å². The topological polar surface area (TPSA) is 44.7 Å². The SMILES string of the molecule is CCN(CC)c1ccc(/C=N\NC(=O)CCc2ccccc2)cc1. The second-order valence-electron chi connectivity index (χ2n) is 5.54. The molecule has 1 N–H and O–H groups in total.